The third-order valence-electron chi connectivity index (χ3n) is 7.51. The number of nitrogens with zero attached hydrogens (tertiary/aromatic N) is 2. The number of hydrogen-bond donors (Lipinski definition) is 1. The van der Waals surface area contributed by atoms with Crippen molar-refractivity contribution in [2.45, 2.75) is 37.4 Å². The Morgan fingerprint density at radius 2 is 1.85 bits per heavy atom. The first-order valence-corrected chi connectivity index (χ1v) is 13.4. The van der Waals surface area contributed by atoms with Crippen molar-refractivity contribution < 1.29 is 13.2 Å². The second-order valence-corrected chi connectivity index (χ2v) is 11.9. The molecule has 6 rings (SSSR count). The fraction of sp³-hybridized carbons (Fsp3) is 0.400. The fourth-order valence-electron chi connectivity index (χ4n) is 5.91. The topological polar surface area (TPSA) is 28.2 Å². The van der Waals surface area contributed by atoms with Crippen molar-refractivity contribution in [1.82, 2.24) is 14.0 Å². The van der Waals surface area contributed by atoms with Gasteiger partial charge in [-0.25, -0.2) is 14.0 Å². The molecule has 34 heavy (non-hydrogen) atoms. The number of nitrogens with one attached hydrogen (secondary N) is 1. The maximum Gasteiger partial charge on any atom is 0.402 e. The highest BCUT2D eigenvalue weighted by molar-refractivity contribution is 7.95. The van der Waals surface area contributed by atoms with Crippen LogP contribution in [0.5, 0.6) is 0 Å². The van der Waals surface area contributed by atoms with Crippen molar-refractivity contribution in [3.05, 3.63) is 64.8 Å². The van der Waals surface area contributed by atoms with Crippen LogP contribution < -0.4 is 4.72 Å². The van der Waals surface area contributed by atoms with Gasteiger partial charge in [-0.15, -0.1) is 11.3 Å². The van der Waals surface area contributed by atoms with Crippen LogP contribution in [0.2, 0.25) is 5.02 Å². The Balaban J connectivity index is 1.26. The Hall–Kier alpha value is -1.58. The maximum atomic E-state index is 13.0. The minimum Gasteiger partial charge on any atom is -0.244 e. The van der Waals surface area contributed by atoms with E-state index < -0.39 is 12.7 Å². The summed E-state index contributed by atoms with van der Waals surface area (Å²) in [5.74, 6) is 0.678. The molecule has 3 aromatic rings. The molecule has 3 aliphatic rings. The molecule has 178 valence electrons. The van der Waals surface area contributed by atoms with Crippen LogP contribution in [0.3, 0.4) is 0 Å². The smallest absolute Gasteiger partial charge is 0.244 e. The van der Waals surface area contributed by atoms with Gasteiger partial charge >= 0.3 is 6.18 Å². The molecule has 1 aliphatic heterocycles. The predicted molar refractivity (Wildman–Crippen MR) is 133 cm³/mol. The molecule has 1 spiro atoms. The lowest BCUT2D eigenvalue weighted by molar-refractivity contribution is -0.135. The summed E-state index contributed by atoms with van der Waals surface area (Å²) in [5.41, 5.74) is 4.43. The zero-order chi connectivity index (χ0) is 23.5. The number of rotatable bonds is 3. The highest BCUT2D eigenvalue weighted by Gasteiger charge is 2.56. The Morgan fingerprint density at radius 1 is 1.09 bits per heavy atom. The van der Waals surface area contributed by atoms with E-state index in [1.165, 1.54) is 15.4 Å². The molecule has 3 nitrogen and oxygen atoms in total. The van der Waals surface area contributed by atoms with Gasteiger partial charge in [0.05, 0.1) is 4.88 Å². The molecule has 2 aromatic carbocycles. The first-order chi connectivity index (χ1) is 16.3. The van der Waals surface area contributed by atoms with Crippen LogP contribution in [0.1, 0.15) is 24.0 Å². The molecular weight excluding hydrogens is 499 g/mol. The zero-order valence-electron chi connectivity index (χ0n) is 18.2. The Kier molecular flexibility index (Phi) is 5.73. The van der Waals surface area contributed by atoms with Gasteiger partial charge in [0.25, 0.3) is 0 Å². The average Bonchev–Trinajstić information content (AvgIpc) is 3.47. The Bertz CT molecular complexity index is 1230. The van der Waals surface area contributed by atoms with Crippen molar-refractivity contribution in [1.29, 1.82) is 0 Å². The third kappa shape index (κ3) is 4.07. The summed E-state index contributed by atoms with van der Waals surface area (Å²) in [5, 5.41) is 1.66. The van der Waals surface area contributed by atoms with Gasteiger partial charge in [-0.2, -0.15) is 13.2 Å². The highest BCUT2D eigenvalue weighted by atomic mass is 35.5. The van der Waals surface area contributed by atoms with E-state index in [0.29, 0.717) is 23.4 Å². The summed E-state index contributed by atoms with van der Waals surface area (Å²) in [6.45, 7) is -0.429. The molecule has 9 heteroatoms. The molecule has 2 bridgehead atoms. The molecule has 0 radical (unpaired) electrons. The van der Waals surface area contributed by atoms with Gasteiger partial charge in [-0.05, 0) is 60.8 Å². The van der Waals surface area contributed by atoms with E-state index in [1.54, 1.807) is 11.3 Å². The first-order valence-electron chi connectivity index (χ1n) is 11.4. The lowest BCUT2D eigenvalue weighted by atomic mass is 9.79. The van der Waals surface area contributed by atoms with E-state index in [-0.39, 0.29) is 5.54 Å². The van der Waals surface area contributed by atoms with Gasteiger partial charge in [0, 0.05) is 46.6 Å². The number of hydrogen-bond acceptors (Lipinski definition) is 5. The van der Waals surface area contributed by atoms with Gasteiger partial charge in [0.2, 0.25) is 0 Å². The van der Waals surface area contributed by atoms with E-state index in [1.807, 2.05) is 30.5 Å². The molecular formula is C25H23ClF3N3S2. The van der Waals surface area contributed by atoms with Crippen molar-refractivity contribution in [2.75, 3.05) is 13.1 Å². The molecule has 0 amide bonds. The van der Waals surface area contributed by atoms with Gasteiger partial charge in [0.1, 0.15) is 11.6 Å². The quantitative estimate of drug-likeness (QED) is 0.375. The molecule has 2 heterocycles. The van der Waals surface area contributed by atoms with E-state index in [4.69, 9.17) is 11.6 Å². The van der Waals surface area contributed by atoms with E-state index in [9.17, 15) is 13.2 Å². The van der Waals surface area contributed by atoms with E-state index >= 15 is 0 Å². The first kappa shape index (κ1) is 22.9. The SMILES string of the molecule is FC(F)(F)CN1C[C@]2(NS1)[C@@H]1CC[C@H]2Cc2ccc(-c3ncc(-c4ccccc4Cl)s3)cc2C1. The molecule has 2 aliphatic carbocycles. The number of aromatic nitrogens is 1. The maximum absolute atomic E-state index is 13.0. The zero-order valence-corrected chi connectivity index (χ0v) is 20.6. The average molecular weight is 522 g/mol. The minimum atomic E-state index is -4.18. The standard InChI is InChI=1S/C25H23ClF3N3S2/c26-21-4-2-1-3-20(21)22-12-30-23(33-22)16-6-5-15-10-18-7-8-19(11-17(15)9-16)24(18)13-32(34-31-24)14-25(27,28)29/h1-6,9,12,18-19,31H,7-8,10-11,13-14H2/t18-,19+,24+/m0/s1. The normalized spacial score (nSPS) is 26.7. The Labute approximate surface area is 210 Å². The van der Waals surface area contributed by atoms with Crippen LogP contribution in [0.25, 0.3) is 21.0 Å². The lowest BCUT2D eigenvalue weighted by Gasteiger charge is -2.34. The minimum absolute atomic E-state index is 0.256. The molecule has 1 N–H and O–H groups in total. The summed E-state index contributed by atoms with van der Waals surface area (Å²) >= 11 is 9.15. The van der Waals surface area contributed by atoms with Crippen molar-refractivity contribution in [2.24, 2.45) is 11.8 Å². The molecule has 1 aromatic heterocycles. The molecule has 2 fully saturated rings. The lowest BCUT2D eigenvalue weighted by Crippen LogP contribution is -2.51. The highest BCUT2D eigenvalue weighted by Crippen LogP contribution is 2.52. The van der Waals surface area contributed by atoms with E-state index in [2.05, 4.69) is 27.9 Å². The predicted octanol–water partition coefficient (Wildman–Crippen LogP) is 7.02. The number of fused-ring (bicyclic) bond motifs is 1. The molecule has 3 atom stereocenters. The van der Waals surface area contributed by atoms with Crippen LogP contribution in [0.15, 0.2) is 48.7 Å². The van der Waals surface area contributed by atoms with Gasteiger partial charge in [0.15, 0.2) is 0 Å². The third-order valence-corrected chi connectivity index (χ3v) is 9.91. The van der Waals surface area contributed by atoms with Crippen molar-refractivity contribution >= 4 is 35.1 Å². The van der Waals surface area contributed by atoms with Gasteiger partial charge in [-0.3, -0.25) is 0 Å². The second kappa shape index (κ2) is 8.52. The Morgan fingerprint density at radius 3 is 2.62 bits per heavy atom. The molecule has 0 unspecified atom stereocenters. The van der Waals surface area contributed by atoms with E-state index in [0.717, 1.165) is 58.8 Å². The van der Waals surface area contributed by atoms with Crippen LogP contribution in [-0.4, -0.2) is 34.1 Å². The fourth-order valence-corrected chi connectivity index (χ4v) is 8.34. The number of alkyl halides is 3. The number of thiazole rings is 1. The molecule has 1 saturated heterocycles. The second-order valence-electron chi connectivity index (χ2n) is 9.52. The monoisotopic (exact) mass is 521 g/mol. The van der Waals surface area contributed by atoms with Crippen molar-refractivity contribution in [3.8, 4) is 21.0 Å². The van der Waals surface area contributed by atoms with Crippen molar-refractivity contribution in [3.63, 3.8) is 0 Å². The van der Waals surface area contributed by atoms with Gasteiger partial charge in [-0.1, -0.05) is 41.9 Å². The summed E-state index contributed by atoms with van der Waals surface area (Å²) in [6, 6.07) is 14.3. The van der Waals surface area contributed by atoms with Crippen LogP contribution in [-0.2, 0) is 12.8 Å². The summed E-state index contributed by atoms with van der Waals surface area (Å²) in [7, 11) is 0. The summed E-state index contributed by atoms with van der Waals surface area (Å²) in [6.07, 6.45) is 1.60. The largest absolute Gasteiger partial charge is 0.402 e. The number of halogens is 4. The van der Waals surface area contributed by atoms with Crippen LogP contribution >= 0.6 is 35.1 Å². The molecule has 1 saturated carbocycles. The summed E-state index contributed by atoms with van der Waals surface area (Å²) < 4.78 is 44.0. The van der Waals surface area contributed by atoms with Crippen LogP contribution in [0, 0.1) is 11.8 Å². The summed E-state index contributed by atoms with van der Waals surface area (Å²) in [4.78, 5) is 5.70. The number of benzene rings is 2. The van der Waals surface area contributed by atoms with Gasteiger partial charge < -0.3 is 0 Å². The van der Waals surface area contributed by atoms with Crippen LogP contribution in [0.4, 0.5) is 13.2 Å².